The second kappa shape index (κ2) is 5.55. The highest BCUT2D eigenvalue weighted by Crippen LogP contribution is 2.50. The maximum absolute atomic E-state index is 12.9. The van der Waals surface area contributed by atoms with Gasteiger partial charge in [0.15, 0.2) is 6.10 Å². The Morgan fingerprint density at radius 2 is 2.04 bits per heavy atom. The summed E-state index contributed by atoms with van der Waals surface area (Å²) in [4.78, 5) is 26.1. The average molecular weight is 314 g/mol. The lowest BCUT2D eigenvalue weighted by atomic mass is 9.86. The monoisotopic (exact) mass is 314 g/mol. The molecule has 2 N–H and O–H groups in total. The Morgan fingerprint density at radius 3 is 2.74 bits per heavy atom. The molecule has 5 nitrogen and oxygen atoms in total. The van der Waals surface area contributed by atoms with Crippen LogP contribution in [0.15, 0.2) is 24.3 Å². The van der Waals surface area contributed by atoms with Crippen molar-refractivity contribution < 1.29 is 14.3 Å². The minimum Gasteiger partial charge on any atom is -0.477 e. The number of anilines is 1. The molecule has 122 valence electrons. The van der Waals surface area contributed by atoms with E-state index in [1.807, 2.05) is 18.2 Å². The number of benzene rings is 1. The van der Waals surface area contributed by atoms with Crippen LogP contribution in [0.25, 0.3) is 0 Å². The van der Waals surface area contributed by atoms with Gasteiger partial charge >= 0.3 is 0 Å². The number of rotatable bonds is 3. The van der Waals surface area contributed by atoms with E-state index >= 15 is 0 Å². The van der Waals surface area contributed by atoms with Crippen molar-refractivity contribution in [2.45, 2.75) is 38.2 Å². The molecule has 4 rings (SSSR count). The molecule has 2 aliphatic carbocycles. The molecule has 2 saturated carbocycles. The van der Waals surface area contributed by atoms with Crippen molar-refractivity contribution in [1.29, 1.82) is 0 Å². The van der Waals surface area contributed by atoms with Gasteiger partial charge in [-0.2, -0.15) is 0 Å². The summed E-state index contributed by atoms with van der Waals surface area (Å²) in [7, 11) is 0. The number of hydrogen-bond donors (Lipinski definition) is 1. The second-order valence-electron chi connectivity index (χ2n) is 7.12. The van der Waals surface area contributed by atoms with Crippen LogP contribution in [-0.2, 0) is 9.59 Å². The molecule has 4 atom stereocenters. The standard InChI is InChI=1S/C18H22N2O3/c19-18(22)16-10-20(14-3-1-2-4-15(14)23-16)17(21)9-13-8-11-5-6-12(13)7-11/h1-4,11-13,16H,5-10H2,(H2,19,22)/t11-,12-,13+,16+/m0/s1. The Morgan fingerprint density at radius 1 is 1.22 bits per heavy atom. The lowest BCUT2D eigenvalue weighted by Crippen LogP contribution is -2.49. The van der Waals surface area contributed by atoms with Crippen LogP contribution in [0.3, 0.4) is 0 Å². The van der Waals surface area contributed by atoms with Gasteiger partial charge in [0.05, 0.1) is 12.2 Å². The summed E-state index contributed by atoms with van der Waals surface area (Å²) in [6.07, 6.45) is 4.88. The highest BCUT2D eigenvalue weighted by molar-refractivity contribution is 5.97. The number of nitrogens with zero attached hydrogens (tertiary/aromatic N) is 1. The van der Waals surface area contributed by atoms with Crippen LogP contribution in [0.2, 0.25) is 0 Å². The molecule has 2 amide bonds. The first-order chi connectivity index (χ1) is 11.1. The second-order valence-corrected chi connectivity index (χ2v) is 7.12. The summed E-state index contributed by atoms with van der Waals surface area (Å²) in [5.74, 6) is 2.16. The fourth-order valence-corrected chi connectivity index (χ4v) is 4.58. The number of carbonyl (C=O) groups is 2. The van der Waals surface area contributed by atoms with E-state index in [1.54, 1.807) is 11.0 Å². The van der Waals surface area contributed by atoms with E-state index < -0.39 is 12.0 Å². The molecule has 2 bridgehead atoms. The van der Waals surface area contributed by atoms with Gasteiger partial charge in [-0.05, 0) is 49.1 Å². The molecule has 1 aromatic carbocycles. The van der Waals surface area contributed by atoms with Gasteiger partial charge < -0.3 is 15.4 Å². The summed E-state index contributed by atoms with van der Waals surface area (Å²) >= 11 is 0. The normalized spacial score (nSPS) is 31.6. The Balaban J connectivity index is 1.54. The number of fused-ring (bicyclic) bond motifs is 3. The maximum atomic E-state index is 12.9. The van der Waals surface area contributed by atoms with Gasteiger partial charge in [0, 0.05) is 6.42 Å². The number of para-hydroxylation sites is 2. The zero-order valence-corrected chi connectivity index (χ0v) is 13.1. The molecule has 0 aromatic heterocycles. The van der Waals surface area contributed by atoms with Crippen LogP contribution in [0.1, 0.15) is 32.1 Å². The largest absolute Gasteiger partial charge is 0.477 e. The predicted molar refractivity (Wildman–Crippen MR) is 86.0 cm³/mol. The summed E-state index contributed by atoms with van der Waals surface area (Å²) in [6.45, 7) is 0.214. The Hall–Kier alpha value is -2.04. The van der Waals surface area contributed by atoms with Crippen LogP contribution in [0, 0.1) is 17.8 Å². The van der Waals surface area contributed by atoms with Crippen molar-refractivity contribution in [1.82, 2.24) is 0 Å². The minimum atomic E-state index is -0.770. The van der Waals surface area contributed by atoms with E-state index in [4.69, 9.17) is 10.5 Å². The van der Waals surface area contributed by atoms with Crippen molar-refractivity contribution in [2.24, 2.45) is 23.5 Å². The average Bonchev–Trinajstić information content (AvgIpc) is 3.16. The fraction of sp³-hybridized carbons (Fsp3) is 0.556. The molecule has 0 spiro atoms. The fourth-order valence-electron chi connectivity index (χ4n) is 4.58. The quantitative estimate of drug-likeness (QED) is 0.928. The van der Waals surface area contributed by atoms with Crippen molar-refractivity contribution in [3.63, 3.8) is 0 Å². The van der Waals surface area contributed by atoms with E-state index in [-0.39, 0.29) is 12.5 Å². The Bertz CT molecular complexity index is 645. The van der Waals surface area contributed by atoms with Crippen LogP contribution in [-0.4, -0.2) is 24.5 Å². The van der Waals surface area contributed by atoms with Gasteiger partial charge in [-0.3, -0.25) is 9.59 Å². The molecule has 0 radical (unpaired) electrons. The third kappa shape index (κ3) is 2.58. The van der Waals surface area contributed by atoms with Gasteiger partial charge in [0.25, 0.3) is 5.91 Å². The minimum absolute atomic E-state index is 0.0875. The molecule has 5 heteroatoms. The van der Waals surface area contributed by atoms with Crippen molar-refractivity contribution in [2.75, 3.05) is 11.4 Å². The van der Waals surface area contributed by atoms with Gasteiger partial charge in [-0.1, -0.05) is 18.6 Å². The van der Waals surface area contributed by atoms with Crippen LogP contribution >= 0.6 is 0 Å². The lowest BCUT2D eigenvalue weighted by Gasteiger charge is -2.34. The number of carbonyl (C=O) groups excluding carboxylic acids is 2. The summed E-state index contributed by atoms with van der Waals surface area (Å²) in [6, 6.07) is 7.36. The number of ether oxygens (including phenoxy) is 1. The van der Waals surface area contributed by atoms with Crippen molar-refractivity contribution >= 4 is 17.5 Å². The van der Waals surface area contributed by atoms with Gasteiger partial charge in [-0.25, -0.2) is 0 Å². The molecule has 23 heavy (non-hydrogen) atoms. The topological polar surface area (TPSA) is 72.6 Å². The number of primary amides is 1. The van der Waals surface area contributed by atoms with Crippen LogP contribution in [0.5, 0.6) is 5.75 Å². The predicted octanol–water partition coefficient (Wildman–Crippen LogP) is 2.09. The molecular formula is C18H22N2O3. The van der Waals surface area contributed by atoms with Gasteiger partial charge in [-0.15, -0.1) is 0 Å². The number of hydrogen-bond acceptors (Lipinski definition) is 3. The third-order valence-corrected chi connectivity index (χ3v) is 5.71. The molecule has 3 aliphatic rings. The van der Waals surface area contributed by atoms with Crippen LogP contribution in [0.4, 0.5) is 5.69 Å². The molecule has 0 saturated heterocycles. The first-order valence-corrected chi connectivity index (χ1v) is 8.47. The van der Waals surface area contributed by atoms with E-state index in [2.05, 4.69) is 0 Å². The zero-order chi connectivity index (χ0) is 16.0. The smallest absolute Gasteiger partial charge is 0.260 e. The van der Waals surface area contributed by atoms with E-state index in [1.165, 1.54) is 25.7 Å². The molecule has 2 fully saturated rings. The summed E-state index contributed by atoms with van der Waals surface area (Å²) < 4.78 is 5.62. The lowest BCUT2D eigenvalue weighted by molar-refractivity contribution is -0.125. The molecule has 0 unspecified atom stereocenters. The highest BCUT2D eigenvalue weighted by Gasteiger charge is 2.41. The van der Waals surface area contributed by atoms with E-state index in [0.29, 0.717) is 24.0 Å². The first-order valence-electron chi connectivity index (χ1n) is 8.47. The van der Waals surface area contributed by atoms with E-state index in [9.17, 15) is 9.59 Å². The van der Waals surface area contributed by atoms with Gasteiger partial charge in [0.1, 0.15) is 5.75 Å². The Kier molecular flexibility index (Phi) is 3.51. The van der Waals surface area contributed by atoms with Crippen molar-refractivity contribution in [3.8, 4) is 5.75 Å². The zero-order valence-electron chi connectivity index (χ0n) is 13.1. The SMILES string of the molecule is NC(=O)[C@H]1CN(C(=O)C[C@H]2C[C@H]3CC[C@H]2C3)c2ccccc2O1. The van der Waals surface area contributed by atoms with Crippen LogP contribution < -0.4 is 15.4 Å². The maximum Gasteiger partial charge on any atom is 0.260 e. The van der Waals surface area contributed by atoms with Gasteiger partial charge in [0.2, 0.25) is 5.91 Å². The first kappa shape index (κ1) is 14.5. The van der Waals surface area contributed by atoms with Crippen molar-refractivity contribution in [3.05, 3.63) is 24.3 Å². The molecule has 1 heterocycles. The Labute approximate surface area is 135 Å². The number of amides is 2. The van der Waals surface area contributed by atoms with E-state index in [0.717, 1.165) is 11.6 Å². The summed E-state index contributed by atoms with van der Waals surface area (Å²) in [5, 5.41) is 0. The molecule has 1 aromatic rings. The number of nitrogens with two attached hydrogens (primary N) is 1. The third-order valence-electron chi connectivity index (χ3n) is 5.71. The molecule has 1 aliphatic heterocycles. The molecular weight excluding hydrogens is 292 g/mol. The highest BCUT2D eigenvalue weighted by atomic mass is 16.5. The summed E-state index contributed by atoms with van der Waals surface area (Å²) in [5.41, 5.74) is 6.15.